The van der Waals surface area contributed by atoms with Gasteiger partial charge in [0, 0.05) is 17.9 Å². The van der Waals surface area contributed by atoms with Crippen LogP contribution in [0.15, 0.2) is 42.6 Å². The van der Waals surface area contributed by atoms with Gasteiger partial charge in [0.15, 0.2) is 0 Å². The van der Waals surface area contributed by atoms with Gasteiger partial charge in [-0.25, -0.2) is 4.39 Å². The van der Waals surface area contributed by atoms with E-state index in [4.69, 9.17) is 0 Å². The van der Waals surface area contributed by atoms with Crippen molar-refractivity contribution < 1.29 is 4.39 Å². The highest BCUT2D eigenvalue weighted by Gasteiger charge is 2.10. The van der Waals surface area contributed by atoms with E-state index in [-0.39, 0.29) is 11.9 Å². The second-order valence-corrected chi connectivity index (χ2v) is 4.41. The number of nitrogens with zero attached hydrogens (tertiary/aromatic N) is 1. The van der Waals surface area contributed by atoms with Crippen LogP contribution in [0, 0.1) is 12.7 Å². The molecule has 1 atom stereocenters. The lowest BCUT2D eigenvalue weighted by molar-refractivity contribution is 0.582. The van der Waals surface area contributed by atoms with Crippen molar-refractivity contribution in [3.8, 4) is 0 Å². The van der Waals surface area contributed by atoms with Gasteiger partial charge in [-0.1, -0.05) is 18.2 Å². The second kappa shape index (κ2) is 5.74. The highest BCUT2D eigenvalue weighted by Crippen LogP contribution is 2.18. The Morgan fingerprint density at radius 2 is 2.11 bits per heavy atom. The summed E-state index contributed by atoms with van der Waals surface area (Å²) in [5.41, 5.74) is 3.10. The molecule has 1 aromatic carbocycles. The molecule has 2 nitrogen and oxygen atoms in total. The lowest BCUT2D eigenvalue weighted by atomic mass is 10.00. The maximum absolute atomic E-state index is 13.1. The number of benzene rings is 1. The van der Waals surface area contributed by atoms with Gasteiger partial charge in [-0.3, -0.25) is 4.98 Å². The fourth-order valence-electron chi connectivity index (χ4n) is 1.97. The van der Waals surface area contributed by atoms with Crippen molar-refractivity contribution in [1.82, 2.24) is 10.3 Å². The zero-order valence-electron chi connectivity index (χ0n) is 10.7. The average Bonchev–Trinajstić information content (AvgIpc) is 2.37. The number of halogens is 1. The highest BCUT2D eigenvalue weighted by atomic mass is 19.1. The van der Waals surface area contributed by atoms with Crippen LogP contribution in [0.1, 0.15) is 22.9 Å². The van der Waals surface area contributed by atoms with Gasteiger partial charge in [-0.15, -0.1) is 0 Å². The first kappa shape index (κ1) is 12.7. The summed E-state index contributed by atoms with van der Waals surface area (Å²) >= 11 is 0. The number of pyridine rings is 1. The molecule has 18 heavy (non-hydrogen) atoms. The zero-order valence-corrected chi connectivity index (χ0v) is 10.7. The summed E-state index contributed by atoms with van der Waals surface area (Å²) in [5.74, 6) is -0.190. The molecule has 0 fully saturated rings. The van der Waals surface area contributed by atoms with Crippen LogP contribution in [0.4, 0.5) is 4.39 Å². The number of likely N-dealkylation sites (N-methyl/N-ethyl adjacent to an activating group) is 1. The zero-order chi connectivity index (χ0) is 13.0. The summed E-state index contributed by atoms with van der Waals surface area (Å²) in [7, 11) is 1.91. The molecular weight excluding hydrogens is 227 g/mol. The van der Waals surface area contributed by atoms with Crippen LogP contribution in [0.5, 0.6) is 0 Å². The summed E-state index contributed by atoms with van der Waals surface area (Å²) in [6.45, 7) is 1.96. The Hall–Kier alpha value is -1.74. The Labute approximate surface area is 107 Å². The lowest BCUT2D eigenvalue weighted by Crippen LogP contribution is -2.19. The lowest BCUT2D eigenvalue weighted by Gasteiger charge is -2.16. The molecule has 1 N–H and O–H groups in total. The van der Waals surface area contributed by atoms with Crippen LogP contribution in [-0.4, -0.2) is 12.0 Å². The van der Waals surface area contributed by atoms with Crippen LogP contribution < -0.4 is 5.32 Å². The van der Waals surface area contributed by atoms with Gasteiger partial charge in [-0.05, 0) is 49.7 Å². The molecule has 1 aromatic heterocycles. The SMILES string of the molecule is CNC(Cc1cccc(F)c1)c1ccc(C)nc1. The molecule has 0 spiro atoms. The molecule has 1 heterocycles. The van der Waals surface area contributed by atoms with Gasteiger partial charge in [0.2, 0.25) is 0 Å². The normalized spacial score (nSPS) is 12.4. The van der Waals surface area contributed by atoms with Crippen LogP contribution >= 0.6 is 0 Å². The van der Waals surface area contributed by atoms with Crippen LogP contribution in [-0.2, 0) is 6.42 Å². The molecule has 0 saturated heterocycles. The number of aromatic nitrogens is 1. The van der Waals surface area contributed by atoms with Crippen molar-refractivity contribution in [3.63, 3.8) is 0 Å². The first-order valence-electron chi connectivity index (χ1n) is 6.03. The van der Waals surface area contributed by atoms with Crippen LogP contribution in [0.25, 0.3) is 0 Å². The van der Waals surface area contributed by atoms with E-state index in [9.17, 15) is 4.39 Å². The molecular formula is C15H17FN2. The van der Waals surface area contributed by atoms with Gasteiger partial charge in [-0.2, -0.15) is 0 Å². The van der Waals surface area contributed by atoms with E-state index in [1.807, 2.05) is 32.3 Å². The summed E-state index contributed by atoms with van der Waals surface area (Å²) in [6, 6.07) is 10.9. The Balaban J connectivity index is 2.17. The van der Waals surface area contributed by atoms with Crippen molar-refractivity contribution in [1.29, 1.82) is 0 Å². The third-order valence-corrected chi connectivity index (χ3v) is 3.01. The molecule has 0 aliphatic rings. The first-order chi connectivity index (χ1) is 8.69. The number of hydrogen-bond acceptors (Lipinski definition) is 2. The fourth-order valence-corrected chi connectivity index (χ4v) is 1.97. The van der Waals surface area contributed by atoms with Crippen molar-refractivity contribution in [2.24, 2.45) is 0 Å². The van der Waals surface area contributed by atoms with E-state index >= 15 is 0 Å². The third kappa shape index (κ3) is 3.14. The average molecular weight is 244 g/mol. The Kier molecular flexibility index (Phi) is 4.05. The largest absolute Gasteiger partial charge is 0.313 e. The Bertz CT molecular complexity index is 508. The van der Waals surface area contributed by atoms with E-state index in [1.165, 1.54) is 6.07 Å². The van der Waals surface area contributed by atoms with E-state index in [0.29, 0.717) is 0 Å². The predicted molar refractivity (Wildman–Crippen MR) is 70.9 cm³/mol. The molecule has 2 aromatic rings. The minimum atomic E-state index is -0.190. The fraction of sp³-hybridized carbons (Fsp3) is 0.267. The third-order valence-electron chi connectivity index (χ3n) is 3.01. The van der Waals surface area contributed by atoms with Crippen LogP contribution in [0.2, 0.25) is 0 Å². The minimum Gasteiger partial charge on any atom is -0.313 e. The Morgan fingerprint density at radius 1 is 1.28 bits per heavy atom. The highest BCUT2D eigenvalue weighted by molar-refractivity contribution is 5.23. The summed E-state index contributed by atoms with van der Waals surface area (Å²) in [6.07, 6.45) is 2.62. The topological polar surface area (TPSA) is 24.9 Å². The van der Waals surface area contributed by atoms with E-state index in [0.717, 1.165) is 23.2 Å². The maximum atomic E-state index is 13.1. The van der Waals surface area contributed by atoms with Crippen molar-refractivity contribution >= 4 is 0 Å². The van der Waals surface area contributed by atoms with Crippen molar-refractivity contribution in [3.05, 3.63) is 65.2 Å². The molecule has 0 aliphatic heterocycles. The molecule has 94 valence electrons. The van der Waals surface area contributed by atoms with E-state index in [2.05, 4.69) is 16.4 Å². The number of hydrogen-bond donors (Lipinski definition) is 1. The molecule has 3 heteroatoms. The number of aryl methyl sites for hydroxylation is 1. The smallest absolute Gasteiger partial charge is 0.123 e. The molecule has 1 unspecified atom stereocenters. The van der Waals surface area contributed by atoms with E-state index in [1.54, 1.807) is 12.1 Å². The summed E-state index contributed by atoms with van der Waals surface area (Å²) in [5, 5.41) is 3.24. The molecule has 0 aliphatic carbocycles. The number of rotatable bonds is 4. The molecule has 0 bridgehead atoms. The van der Waals surface area contributed by atoms with Crippen molar-refractivity contribution in [2.75, 3.05) is 7.05 Å². The predicted octanol–water partition coefficient (Wildman–Crippen LogP) is 3.03. The monoisotopic (exact) mass is 244 g/mol. The van der Waals surface area contributed by atoms with Crippen LogP contribution in [0.3, 0.4) is 0 Å². The molecule has 0 radical (unpaired) electrons. The summed E-state index contributed by atoms with van der Waals surface area (Å²) in [4.78, 5) is 4.29. The molecule has 2 rings (SSSR count). The van der Waals surface area contributed by atoms with Gasteiger partial charge in [0.05, 0.1) is 0 Å². The van der Waals surface area contributed by atoms with Crippen molar-refractivity contribution in [2.45, 2.75) is 19.4 Å². The van der Waals surface area contributed by atoms with Gasteiger partial charge in [0.1, 0.15) is 5.82 Å². The molecule has 0 saturated carbocycles. The molecule has 0 amide bonds. The minimum absolute atomic E-state index is 0.153. The summed E-state index contributed by atoms with van der Waals surface area (Å²) < 4.78 is 13.1. The number of nitrogens with one attached hydrogen (secondary N) is 1. The van der Waals surface area contributed by atoms with Gasteiger partial charge < -0.3 is 5.32 Å². The van der Waals surface area contributed by atoms with E-state index < -0.39 is 0 Å². The second-order valence-electron chi connectivity index (χ2n) is 4.41. The first-order valence-corrected chi connectivity index (χ1v) is 6.03. The standard InChI is InChI=1S/C15H17FN2/c1-11-6-7-13(10-18-11)15(17-2)9-12-4-3-5-14(16)8-12/h3-8,10,15,17H,9H2,1-2H3. The van der Waals surface area contributed by atoms with Gasteiger partial charge in [0.25, 0.3) is 0 Å². The Morgan fingerprint density at radius 3 is 2.72 bits per heavy atom. The maximum Gasteiger partial charge on any atom is 0.123 e. The van der Waals surface area contributed by atoms with Gasteiger partial charge >= 0.3 is 0 Å². The quantitative estimate of drug-likeness (QED) is 0.894.